The van der Waals surface area contributed by atoms with Crippen molar-refractivity contribution in [2.45, 2.75) is 77.4 Å². The van der Waals surface area contributed by atoms with Gasteiger partial charge in [-0.05, 0) is 44.6 Å². The van der Waals surface area contributed by atoms with Gasteiger partial charge >= 0.3 is 5.97 Å². The van der Waals surface area contributed by atoms with E-state index in [0.29, 0.717) is 18.8 Å². The summed E-state index contributed by atoms with van der Waals surface area (Å²) in [6.07, 6.45) is 6.61. The van der Waals surface area contributed by atoms with Gasteiger partial charge in [0.15, 0.2) is 0 Å². The third kappa shape index (κ3) is 5.06. The number of hydrogen-bond donors (Lipinski definition) is 2. The smallest absolute Gasteiger partial charge is 0.323 e. The van der Waals surface area contributed by atoms with Gasteiger partial charge in [0.25, 0.3) is 0 Å². The normalized spacial score (nSPS) is 28.2. The van der Waals surface area contributed by atoms with Crippen LogP contribution in [0.25, 0.3) is 0 Å². The molecule has 0 aromatic rings. The summed E-state index contributed by atoms with van der Waals surface area (Å²) >= 11 is 0. The van der Waals surface area contributed by atoms with Gasteiger partial charge in [0.1, 0.15) is 5.54 Å². The zero-order valence-corrected chi connectivity index (χ0v) is 13.3. The van der Waals surface area contributed by atoms with Gasteiger partial charge in [0.05, 0.1) is 6.10 Å². The van der Waals surface area contributed by atoms with Crippen molar-refractivity contribution in [3.8, 4) is 0 Å². The Kier molecular flexibility index (Phi) is 7.52. The highest BCUT2D eigenvalue weighted by Gasteiger charge is 2.42. The molecule has 1 fully saturated rings. The molecular formula is C16H31NO3. The van der Waals surface area contributed by atoms with Crippen molar-refractivity contribution < 1.29 is 14.6 Å². The third-order valence-corrected chi connectivity index (χ3v) is 4.23. The fourth-order valence-electron chi connectivity index (χ4n) is 3.04. The molecule has 1 aliphatic rings. The highest BCUT2D eigenvalue weighted by molar-refractivity contribution is 5.79. The molecule has 118 valence electrons. The summed E-state index contributed by atoms with van der Waals surface area (Å²) in [4.78, 5) is 11.7. The van der Waals surface area contributed by atoms with Gasteiger partial charge in [-0.1, -0.05) is 27.2 Å². The van der Waals surface area contributed by atoms with E-state index in [4.69, 9.17) is 4.74 Å². The van der Waals surface area contributed by atoms with E-state index in [0.717, 1.165) is 32.4 Å². The molecule has 0 saturated heterocycles. The molecule has 3 atom stereocenters. The predicted octanol–water partition coefficient (Wildman–Crippen LogP) is 3.20. The van der Waals surface area contributed by atoms with E-state index in [9.17, 15) is 9.90 Å². The number of hydrogen-bond acceptors (Lipinski definition) is 3. The first kappa shape index (κ1) is 17.4. The lowest BCUT2D eigenvalue weighted by Crippen LogP contribution is -2.56. The number of ether oxygens (including phenoxy) is 1. The number of carbonyl (C=O) groups is 1. The minimum absolute atomic E-state index is 0.0866. The van der Waals surface area contributed by atoms with Gasteiger partial charge in [-0.15, -0.1) is 0 Å². The minimum atomic E-state index is -0.771. The van der Waals surface area contributed by atoms with E-state index < -0.39 is 11.5 Å². The second-order valence-corrected chi connectivity index (χ2v) is 6.26. The van der Waals surface area contributed by atoms with Crippen molar-refractivity contribution in [1.29, 1.82) is 0 Å². The number of nitrogens with one attached hydrogen (secondary N) is 1. The lowest BCUT2D eigenvalue weighted by atomic mass is 9.80. The van der Waals surface area contributed by atoms with Crippen molar-refractivity contribution in [3.05, 3.63) is 0 Å². The molecule has 2 N–H and O–H groups in total. The highest BCUT2D eigenvalue weighted by atomic mass is 16.5. The first-order valence-electron chi connectivity index (χ1n) is 8.14. The van der Waals surface area contributed by atoms with Gasteiger partial charge < -0.3 is 15.2 Å². The number of rotatable bonds is 9. The van der Waals surface area contributed by atoms with E-state index in [1.54, 1.807) is 0 Å². The number of carboxylic acids is 1. The Morgan fingerprint density at radius 2 is 2.20 bits per heavy atom. The Hall–Kier alpha value is -0.610. The molecule has 0 aromatic carbocycles. The lowest BCUT2D eigenvalue weighted by Gasteiger charge is -2.38. The monoisotopic (exact) mass is 285 g/mol. The Morgan fingerprint density at radius 3 is 2.80 bits per heavy atom. The van der Waals surface area contributed by atoms with E-state index in [1.165, 1.54) is 12.8 Å². The summed E-state index contributed by atoms with van der Waals surface area (Å²) in [6, 6.07) is 0. The first-order chi connectivity index (χ1) is 9.54. The third-order valence-electron chi connectivity index (χ3n) is 4.23. The average molecular weight is 285 g/mol. The second kappa shape index (κ2) is 8.63. The van der Waals surface area contributed by atoms with Gasteiger partial charge in [0, 0.05) is 13.0 Å². The summed E-state index contributed by atoms with van der Waals surface area (Å²) in [5, 5.41) is 12.8. The minimum Gasteiger partial charge on any atom is -0.480 e. The molecule has 0 spiro atoms. The molecular weight excluding hydrogens is 254 g/mol. The van der Waals surface area contributed by atoms with Crippen LogP contribution in [0.4, 0.5) is 0 Å². The van der Waals surface area contributed by atoms with Crippen molar-refractivity contribution in [2.75, 3.05) is 13.2 Å². The molecule has 1 aliphatic carbocycles. The van der Waals surface area contributed by atoms with Crippen LogP contribution in [-0.4, -0.2) is 35.9 Å². The van der Waals surface area contributed by atoms with Crippen LogP contribution < -0.4 is 5.32 Å². The first-order valence-corrected chi connectivity index (χ1v) is 8.14. The molecule has 4 heteroatoms. The van der Waals surface area contributed by atoms with Crippen LogP contribution in [0.3, 0.4) is 0 Å². The molecule has 0 bridgehead atoms. The maximum absolute atomic E-state index is 11.7. The van der Waals surface area contributed by atoms with Gasteiger partial charge in [-0.25, -0.2) is 0 Å². The van der Waals surface area contributed by atoms with Crippen molar-refractivity contribution >= 4 is 5.97 Å². The zero-order chi connectivity index (χ0) is 15.0. The van der Waals surface area contributed by atoms with E-state index >= 15 is 0 Å². The molecule has 20 heavy (non-hydrogen) atoms. The van der Waals surface area contributed by atoms with Crippen LogP contribution >= 0.6 is 0 Å². The Morgan fingerprint density at radius 1 is 1.45 bits per heavy atom. The maximum atomic E-state index is 11.7. The summed E-state index contributed by atoms with van der Waals surface area (Å²) in [5.41, 5.74) is -0.771. The maximum Gasteiger partial charge on any atom is 0.323 e. The largest absolute Gasteiger partial charge is 0.480 e. The number of carboxylic acid groups (broad SMARTS) is 1. The summed E-state index contributed by atoms with van der Waals surface area (Å²) in [6.45, 7) is 7.95. The zero-order valence-electron chi connectivity index (χ0n) is 13.3. The van der Waals surface area contributed by atoms with Gasteiger partial charge in [0.2, 0.25) is 0 Å². The fraction of sp³-hybridized carbons (Fsp3) is 0.938. The fourth-order valence-corrected chi connectivity index (χ4v) is 3.04. The van der Waals surface area contributed by atoms with Crippen LogP contribution in [0.2, 0.25) is 0 Å². The predicted molar refractivity (Wildman–Crippen MR) is 80.9 cm³/mol. The average Bonchev–Trinajstić information content (AvgIpc) is 2.43. The van der Waals surface area contributed by atoms with Crippen LogP contribution in [0, 0.1) is 5.92 Å². The molecule has 4 nitrogen and oxygen atoms in total. The summed E-state index contributed by atoms with van der Waals surface area (Å²) < 4.78 is 5.98. The molecule has 1 saturated carbocycles. The van der Waals surface area contributed by atoms with E-state index in [1.807, 2.05) is 0 Å². The molecule has 0 aromatic heterocycles. The van der Waals surface area contributed by atoms with Crippen LogP contribution in [-0.2, 0) is 9.53 Å². The topological polar surface area (TPSA) is 58.6 Å². The van der Waals surface area contributed by atoms with Crippen molar-refractivity contribution in [2.24, 2.45) is 5.92 Å². The van der Waals surface area contributed by atoms with Crippen molar-refractivity contribution in [1.82, 2.24) is 5.32 Å². The second-order valence-electron chi connectivity index (χ2n) is 6.26. The number of aliphatic carboxylic acids is 1. The Balaban J connectivity index is 2.52. The van der Waals surface area contributed by atoms with Gasteiger partial charge in [-0.2, -0.15) is 0 Å². The molecule has 0 heterocycles. The summed E-state index contributed by atoms with van der Waals surface area (Å²) in [5.74, 6) is -0.161. The molecule has 0 radical (unpaired) electrons. The lowest BCUT2D eigenvalue weighted by molar-refractivity contribution is -0.149. The molecule has 0 aliphatic heterocycles. The highest BCUT2D eigenvalue weighted by Crippen LogP contribution is 2.31. The van der Waals surface area contributed by atoms with E-state index in [2.05, 4.69) is 26.1 Å². The Bertz CT molecular complexity index is 295. The van der Waals surface area contributed by atoms with Crippen LogP contribution in [0.1, 0.15) is 65.7 Å². The van der Waals surface area contributed by atoms with E-state index in [-0.39, 0.29) is 6.10 Å². The molecule has 1 rings (SSSR count). The molecule has 3 unspecified atom stereocenters. The quantitative estimate of drug-likeness (QED) is 0.683. The molecule has 0 amide bonds. The van der Waals surface area contributed by atoms with Crippen molar-refractivity contribution in [3.63, 3.8) is 0 Å². The SMILES string of the molecule is CCCNC1(C(=O)O)CCCC(OCC(C)CCC)C1. The van der Waals surface area contributed by atoms with Gasteiger partial charge in [-0.3, -0.25) is 4.79 Å². The van der Waals surface area contributed by atoms with Crippen LogP contribution in [0.5, 0.6) is 0 Å². The standard InChI is InChI=1S/C16H31NO3/c1-4-7-13(3)12-20-14-8-6-9-16(11-14,15(18)19)17-10-5-2/h13-14,17H,4-12H2,1-3H3,(H,18,19). The summed E-state index contributed by atoms with van der Waals surface area (Å²) in [7, 11) is 0. The Labute approximate surface area is 123 Å². The van der Waals surface area contributed by atoms with Crippen LogP contribution in [0.15, 0.2) is 0 Å².